The number of non-ortho nitro benzene ring substituents is 1. The second-order valence-corrected chi connectivity index (χ2v) is 6.75. The van der Waals surface area contributed by atoms with Crippen LogP contribution in [-0.2, 0) is 10.0 Å². The Morgan fingerprint density at radius 2 is 1.95 bits per heavy atom. The van der Waals surface area contributed by atoms with Gasteiger partial charge in [-0.15, -0.1) is 0 Å². The lowest BCUT2D eigenvalue weighted by atomic mass is 10.1. The fraction of sp³-hybridized carbons (Fsp3) is 0.500. The molecule has 0 aliphatic carbocycles. The van der Waals surface area contributed by atoms with Crippen LogP contribution in [0, 0.1) is 17.0 Å². The van der Waals surface area contributed by atoms with E-state index in [1.807, 2.05) is 0 Å². The lowest BCUT2D eigenvalue weighted by Crippen LogP contribution is -2.40. The number of hydrogen-bond donors (Lipinski definition) is 1. The van der Waals surface area contributed by atoms with Gasteiger partial charge in [-0.25, -0.2) is 8.42 Å². The van der Waals surface area contributed by atoms with Crippen molar-refractivity contribution in [1.29, 1.82) is 0 Å². The summed E-state index contributed by atoms with van der Waals surface area (Å²) in [6.07, 6.45) is 0.357. The van der Waals surface area contributed by atoms with E-state index in [2.05, 4.69) is 0 Å². The van der Waals surface area contributed by atoms with Gasteiger partial charge in [-0.2, -0.15) is 4.31 Å². The van der Waals surface area contributed by atoms with Crippen LogP contribution < -0.4 is 0 Å². The first-order valence-corrected chi connectivity index (χ1v) is 7.69. The van der Waals surface area contributed by atoms with Gasteiger partial charge in [0, 0.05) is 25.2 Å². The predicted molar refractivity (Wildman–Crippen MR) is 71.8 cm³/mol. The molecule has 1 fully saturated rings. The summed E-state index contributed by atoms with van der Waals surface area (Å²) in [5, 5.41) is 20.1. The van der Waals surface area contributed by atoms with E-state index in [-0.39, 0.29) is 23.7 Å². The summed E-state index contributed by atoms with van der Waals surface area (Å²) in [5.41, 5.74) is 0.223. The minimum absolute atomic E-state index is 0.0829. The van der Waals surface area contributed by atoms with Crippen LogP contribution in [0.1, 0.15) is 18.4 Å². The highest BCUT2D eigenvalue weighted by Gasteiger charge is 2.30. The van der Waals surface area contributed by atoms with Crippen molar-refractivity contribution in [1.82, 2.24) is 4.31 Å². The van der Waals surface area contributed by atoms with E-state index in [9.17, 15) is 23.6 Å². The number of sulfonamides is 1. The van der Waals surface area contributed by atoms with Crippen molar-refractivity contribution in [2.45, 2.75) is 30.8 Å². The summed E-state index contributed by atoms with van der Waals surface area (Å²) in [7, 11) is -3.66. The maximum absolute atomic E-state index is 12.5. The summed E-state index contributed by atoms with van der Waals surface area (Å²) in [6, 6.07) is 3.72. The first-order valence-electron chi connectivity index (χ1n) is 6.25. The molecule has 0 amide bonds. The predicted octanol–water partition coefficient (Wildman–Crippen LogP) is 1.05. The van der Waals surface area contributed by atoms with Crippen LogP contribution in [0.2, 0.25) is 0 Å². The number of nitro benzene ring substituents is 1. The number of benzene rings is 1. The zero-order valence-electron chi connectivity index (χ0n) is 11.0. The molecule has 20 heavy (non-hydrogen) atoms. The van der Waals surface area contributed by atoms with Crippen LogP contribution in [0.5, 0.6) is 0 Å². The summed E-state index contributed by atoms with van der Waals surface area (Å²) in [4.78, 5) is 10.2. The van der Waals surface area contributed by atoms with E-state index < -0.39 is 21.1 Å². The highest BCUT2D eigenvalue weighted by atomic mass is 32.2. The van der Waals surface area contributed by atoms with Crippen molar-refractivity contribution in [3.63, 3.8) is 0 Å². The highest BCUT2D eigenvalue weighted by Crippen LogP contribution is 2.26. The molecule has 1 saturated heterocycles. The molecule has 0 atom stereocenters. The van der Waals surface area contributed by atoms with Gasteiger partial charge >= 0.3 is 0 Å². The van der Waals surface area contributed by atoms with Crippen molar-refractivity contribution in [2.75, 3.05) is 13.1 Å². The van der Waals surface area contributed by atoms with E-state index in [4.69, 9.17) is 0 Å². The molecule has 0 unspecified atom stereocenters. The standard InChI is InChI=1S/C12H16N2O5S/c1-9-8-10(14(16)17)2-3-12(9)20(18,19)13-6-4-11(15)5-7-13/h2-3,8,11,15H,4-7H2,1H3. The lowest BCUT2D eigenvalue weighted by Gasteiger charge is -2.29. The zero-order chi connectivity index (χ0) is 14.9. The number of aliphatic hydroxyl groups excluding tert-OH is 1. The average Bonchev–Trinajstić information content (AvgIpc) is 2.38. The van der Waals surface area contributed by atoms with Gasteiger partial charge in [0.05, 0.1) is 15.9 Å². The van der Waals surface area contributed by atoms with Gasteiger partial charge in [-0.05, 0) is 31.4 Å². The molecule has 7 nitrogen and oxygen atoms in total. The minimum Gasteiger partial charge on any atom is -0.393 e. The Hall–Kier alpha value is -1.51. The monoisotopic (exact) mass is 300 g/mol. The summed E-state index contributed by atoms with van der Waals surface area (Å²) in [6.45, 7) is 2.07. The van der Waals surface area contributed by atoms with Crippen LogP contribution in [0.3, 0.4) is 0 Å². The number of rotatable bonds is 3. The smallest absolute Gasteiger partial charge is 0.269 e. The number of aliphatic hydroxyl groups is 1. The Labute approximate surface area is 117 Å². The Kier molecular flexibility index (Phi) is 4.07. The molecular formula is C12H16N2O5S. The largest absolute Gasteiger partial charge is 0.393 e. The molecule has 8 heteroatoms. The Morgan fingerprint density at radius 3 is 2.45 bits per heavy atom. The summed E-state index contributed by atoms with van der Waals surface area (Å²) in [5.74, 6) is 0. The first kappa shape index (κ1) is 14.9. The fourth-order valence-electron chi connectivity index (χ4n) is 2.26. The minimum atomic E-state index is -3.66. The van der Waals surface area contributed by atoms with Gasteiger partial charge in [0.2, 0.25) is 10.0 Å². The molecule has 2 rings (SSSR count). The van der Waals surface area contributed by atoms with Crippen LogP contribution in [0.4, 0.5) is 5.69 Å². The Morgan fingerprint density at radius 1 is 1.35 bits per heavy atom. The molecule has 1 N–H and O–H groups in total. The third kappa shape index (κ3) is 2.82. The normalized spacial score (nSPS) is 18.1. The number of nitrogens with zero attached hydrogens (tertiary/aromatic N) is 2. The molecule has 1 aromatic rings. The zero-order valence-corrected chi connectivity index (χ0v) is 11.8. The van der Waals surface area contributed by atoms with Gasteiger partial charge < -0.3 is 5.11 Å². The van der Waals surface area contributed by atoms with Gasteiger partial charge in [0.1, 0.15) is 0 Å². The molecule has 0 radical (unpaired) electrons. The van der Waals surface area contributed by atoms with Crippen LogP contribution >= 0.6 is 0 Å². The van der Waals surface area contributed by atoms with E-state index in [1.165, 1.54) is 22.5 Å². The maximum atomic E-state index is 12.5. The second kappa shape index (κ2) is 5.47. The maximum Gasteiger partial charge on any atom is 0.269 e. The number of aryl methyl sites for hydroxylation is 1. The Bertz CT molecular complexity index is 621. The third-order valence-corrected chi connectivity index (χ3v) is 5.47. The fourth-order valence-corrected chi connectivity index (χ4v) is 3.93. The molecular weight excluding hydrogens is 284 g/mol. The van der Waals surface area contributed by atoms with Gasteiger partial charge in [-0.3, -0.25) is 10.1 Å². The van der Waals surface area contributed by atoms with Gasteiger partial charge in [0.25, 0.3) is 5.69 Å². The quantitative estimate of drug-likeness (QED) is 0.664. The van der Waals surface area contributed by atoms with Crippen molar-refractivity contribution in [3.8, 4) is 0 Å². The number of piperidine rings is 1. The van der Waals surface area contributed by atoms with Crippen LogP contribution in [0.25, 0.3) is 0 Å². The Balaban J connectivity index is 2.32. The number of nitro groups is 1. The van der Waals surface area contributed by atoms with Crippen molar-refractivity contribution in [2.24, 2.45) is 0 Å². The third-order valence-electron chi connectivity index (χ3n) is 3.41. The lowest BCUT2D eigenvalue weighted by molar-refractivity contribution is -0.385. The van der Waals surface area contributed by atoms with Crippen LogP contribution in [-0.4, -0.2) is 41.9 Å². The molecule has 0 bridgehead atoms. The summed E-state index contributed by atoms with van der Waals surface area (Å²) < 4.78 is 26.3. The van der Waals surface area contributed by atoms with E-state index in [0.717, 1.165) is 0 Å². The second-order valence-electron chi connectivity index (χ2n) is 4.84. The average molecular weight is 300 g/mol. The van der Waals surface area contributed by atoms with E-state index in [1.54, 1.807) is 6.92 Å². The molecule has 0 saturated carbocycles. The SMILES string of the molecule is Cc1cc([N+](=O)[O-])ccc1S(=O)(=O)N1CCC(O)CC1. The van der Waals surface area contributed by atoms with E-state index in [0.29, 0.717) is 18.4 Å². The topological polar surface area (TPSA) is 101 Å². The molecule has 1 heterocycles. The van der Waals surface area contributed by atoms with E-state index >= 15 is 0 Å². The summed E-state index contributed by atoms with van der Waals surface area (Å²) >= 11 is 0. The van der Waals surface area contributed by atoms with Crippen molar-refractivity contribution in [3.05, 3.63) is 33.9 Å². The number of hydrogen-bond acceptors (Lipinski definition) is 5. The van der Waals surface area contributed by atoms with Crippen molar-refractivity contribution < 1.29 is 18.4 Å². The first-order chi connectivity index (χ1) is 9.32. The molecule has 0 aromatic heterocycles. The van der Waals surface area contributed by atoms with Crippen LogP contribution in [0.15, 0.2) is 23.1 Å². The molecule has 1 aliphatic heterocycles. The van der Waals surface area contributed by atoms with Gasteiger partial charge in [0.15, 0.2) is 0 Å². The highest BCUT2D eigenvalue weighted by molar-refractivity contribution is 7.89. The molecule has 110 valence electrons. The van der Waals surface area contributed by atoms with Gasteiger partial charge in [-0.1, -0.05) is 0 Å². The molecule has 0 spiro atoms. The molecule has 1 aliphatic rings. The van der Waals surface area contributed by atoms with Crippen molar-refractivity contribution >= 4 is 15.7 Å². The molecule has 1 aromatic carbocycles.